The van der Waals surface area contributed by atoms with Gasteiger partial charge in [-0.2, -0.15) is 5.10 Å². The molecule has 1 aromatic heterocycles. The molecule has 2 unspecified atom stereocenters. The predicted octanol–water partition coefficient (Wildman–Crippen LogP) is 3.32. The Hall–Kier alpha value is -1.52. The van der Waals surface area contributed by atoms with Crippen LogP contribution >= 0.6 is 35.6 Å². The number of rotatable bonds is 9. The van der Waals surface area contributed by atoms with Gasteiger partial charge >= 0.3 is 0 Å². The number of para-hydroxylation sites is 1. The Labute approximate surface area is 195 Å². The van der Waals surface area contributed by atoms with Gasteiger partial charge in [-0.1, -0.05) is 30.7 Å². The first kappa shape index (κ1) is 25.5. The van der Waals surface area contributed by atoms with Gasteiger partial charge in [-0.25, -0.2) is 0 Å². The zero-order chi connectivity index (χ0) is 20.5. The molecular formula is C20H32ClIN6O. The average molecular weight is 535 g/mol. The average Bonchev–Trinajstić information content (AvgIpc) is 3.10. The van der Waals surface area contributed by atoms with E-state index in [-0.39, 0.29) is 36.1 Å². The van der Waals surface area contributed by atoms with Gasteiger partial charge in [0.25, 0.3) is 0 Å². The lowest BCUT2D eigenvalue weighted by Crippen LogP contribution is -2.45. The first-order valence-electron chi connectivity index (χ1n) is 9.45. The van der Waals surface area contributed by atoms with E-state index in [2.05, 4.69) is 46.6 Å². The Balaban J connectivity index is 0.00000420. The van der Waals surface area contributed by atoms with Crippen LogP contribution in [0.15, 0.2) is 41.7 Å². The molecule has 7 nitrogen and oxygen atoms in total. The number of aromatic nitrogens is 2. The summed E-state index contributed by atoms with van der Waals surface area (Å²) in [6.07, 6.45) is 4.77. The highest BCUT2D eigenvalue weighted by Gasteiger charge is 2.17. The number of guanidine groups is 1. The zero-order valence-corrected chi connectivity index (χ0v) is 20.8. The van der Waals surface area contributed by atoms with Gasteiger partial charge in [0.1, 0.15) is 11.9 Å². The summed E-state index contributed by atoms with van der Waals surface area (Å²) in [7, 11) is 7.80. The smallest absolute Gasteiger partial charge is 0.191 e. The largest absolute Gasteiger partial charge is 0.487 e. The molecule has 0 aliphatic heterocycles. The number of halogens is 2. The molecule has 0 spiro atoms. The second-order valence-electron chi connectivity index (χ2n) is 6.84. The SMILES string of the molecule is CCC(CNC(=NC)NCC(c1cnn(C)c1)N(C)C)Oc1ccccc1Cl.I. The summed E-state index contributed by atoms with van der Waals surface area (Å²) in [6, 6.07) is 7.71. The third-order valence-corrected chi connectivity index (χ3v) is 4.81. The number of nitrogens with one attached hydrogen (secondary N) is 2. The van der Waals surface area contributed by atoms with Crippen LogP contribution in [0.2, 0.25) is 5.02 Å². The van der Waals surface area contributed by atoms with Crippen molar-refractivity contribution in [1.82, 2.24) is 25.3 Å². The van der Waals surface area contributed by atoms with Crippen LogP contribution in [0.25, 0.3) is 0 Å². The highest BCUT2D eigenvalue weighted by atomic mass is 127. The molecule has 2 N–H and O–H groups in total. The van der Waals surface area contributed by atoms with Crippen LogP contribution in [0, 0.1) is 0 Å². The van der Waals surface area contributed by atoms with E-state index in [9.17, 15) is 0 Å². The van der Waals surface area contributed by atoms with Gasteiger partial charge in [-0.15, -0.1) is 24.0 Å². The van der Waals surface area contributed by atoms with Crippen molar-refractivity contribution in [2.24, 2.45) is 12.0 Å². The minimum absolute atomic E-state index is 0. The van der Waals surface area contributed by atoms with E-state index in [1.807, 2.05) is 48.4 Å². The molecular weight excluding hydrogens is 503 g/mol. The van der Waals surface area contributed by atoms with Gasteiger partial charge in [0.15, 0.2) is 5.96 Å². The number of hydrogen-bond donors (Lipinski definition) is 2. The standard InChI is InChI=1S/C20H31ClN6O.HI/c1-6-16(28-19-10-8-7-9-17(19)21)12-23-20(22-2)24-13-18(26(3)4)15-11-25-27(5)14-15;/h7-11,14,16,18H,6,12-13H2,1-5H3,(H2,22,23,24);1H. The fourth-order valence-electron chi connectivity index (χ4n) is 2.82. The summed E-state index contributed by atoms with van der Waals surface area (Å²) in [5.41, 5.74) is 1.16. The highest BCUT2D eigenvalue weighted by Crippen LogP contribution is 2.24. The third kappa shape index (κ3) is 8.02. The Kier molecular flexibility index (Phi) is 11.4. The summed E-state index contributed by atoms with van der Waals surface area (Å²) in [6.45, 7) is 3.42. The van der Waals surface area contributed by atoms with Gasteiger partial charge in [0.05, 0.1) is 23.8 Å². The van der Waals surface area contributed by atoms with E-state index in [4.69, 9.17) is 16.3 Å². The van der Waals surface area contributed by atoms with E-state index in [1.165, 1.54) is 0 Å². The second-order valence-corrected chi connectivity index (χ2v) is 7.25. The van der Waals surface area contributed by atoms with Crippen molar-refractivity contribution in [3.63, 3.8) is 0 Å². The molecule has 2 rings (SSSR count). The Morgan fingerprint density at radius 3 is 2.52 bits per heavy atom. The first-order valence-corrected chi connectivity index (χ1v) is 9.83. The van der Waals surface area contributed by atoms with E-state index in [0.717, 1.165) is 17.9 Å². The van der Waals surface area contributed by atoms with Crippen molar-refractivity contribution < 1.29 is 4.74 Å². The molecule has 2 atom stereocenters. The monoisotopic (exact) mass is 534 g/mol. The van der Waals surface area contributed by atoms with Crippen LogP contribution in [0.1, 0.15) is 24.9 Å². The number of likely N-dealkylation sites (N-methyl/N-ethyl adjacent to an activating group) is 1. The Morgan fingerprint density at radius 2 is 1.97 bits per heavy atom. The van der Waals surface area contributed by atoms with Crippen molar-refractivity contribution >= 4 is 41.5 Å². The van der Waals surface area contributed by atoms with Crippen LogP contribution in [0.3, 0.4) is 0 Å². The fourth-order valence-corrected chi connectivity index (χ4v) is 3.00. The van der Waals surface area contributed by atoms with Gasteiger partial charge in [0, 0.05) is 32.4 Å². The van der Waals surface area contributed by atoms with E-state index in [0.29, 0.717) is 23.9 Å². The number of benzene rings is 1. The fraction of sp³-hybridized carbons (Fsp3) is 0.500. The normalized spacial score (nSPS) is 13.6. The first-order chi connectivity index (χ1) is 13.4. The number of aryl methyl sites for hydroxylation is 1. The van der Waals surface area contributed by atoms with Crippen LogP contribution in [-0.4, -0.2) is 61.0 Å². The highest BCUT2D eigenvalue weighted by molar-refractivity contribution is 14.0. The number of aliphatic imine (C=N–C) groups is 1. The maximum atomic E-state index is 6.20. The molecule has 0 aliphatic carbocycles. The summed E-state index contributed by atoms with van der Waals surface area (Å²) < 4.78 is 7.85. The lowest BCUT2D eigenvalue weighted by molar-refractivity contribution is 0.199. The molecule has 1 aromatic carbocycles. The number of hydrogen-bond acceptors (Lipinski definition) is 4. The number of nitrogens with zero attached hydrogens (tertiary/aromatic N) is 4. The molecule has 2 aromatic rings. The van der Waals surface area contributed by atoms with E-state index in [1.54, 1.807) is 7.05 Å². The number of ether oxygens (including phenoxy) is 1. The molecule has 162 valence electrons. The second kappa shape index (κ2) is 12.9. The zero-order valence-electron chi connectivity index (χ0n) is 17.7. The molecule has 0 fully saturated rings. The molecule has 0 saturated heterocycles. The van der Waals surface area contributed by atoms with Crippen LogP contribution in [0.4, 0.5) is 0 Å². The van der Waals surface area contributed by atoms with Gasteiger partial charge in [-0.3, -0.25) is 9.67 Å². The molecule has 0 saturated carbocycles. The van der Waals surface area contributed by atoms with E-state index < -0.39 is 0 Å². The van der Waals surface area contributed by atoms with Crippen molar-refractivity contribution in [2.75, 3.05) is 34.2 Å². The summed E-state index contributed by atoms with van der Waals surface area (Å²) >= 11 is 6.20. The van der Waals surface area contributed by atoms with Crippen molar-refractivity contribution in [3.05, 3.63) is 47.2 Å². The lowest BCUT2D eigenvalue weighted by atomic mass is 10.1. The third-order valence-electron chi connectivity index (χ3n) is 4.50. The molecule has 0 bridgehead atoms. The molecule has 29 heavy (non-hydrogen) atoms. The van der Waals surface area contributed by atoms with Crippen molar-refractivity contribution in [2.45, 2.75) is 25.5 Å². The Morgan fingerprint density at radius 1 is 1.28 bits per heavy atom. The quantitative estimate of drug-likeness (QED) is 0.294. The molecule has 0 amide bonds. The van der Waals surface area contributed by atoms with Crippen LogP contribution in [0.5, 0.6) is 5.75 Å². The van der Waals surface area contributed by atoms with Crippen molar-refractivity contribution in [1.29, 1.82) is 0 Å². The van der Waals surface area contributed by atoms with Crippen LogP contribution < -0.4 is 15.4 Å². The van der Waals surface area contributed by atoms with Crippen LogP contribution in [-0.2, 0) is 7.05 Å². The molecule has 1 heterocycles. The van der Waals surface area contributed by atoms with Gasteiger partial charge in [0.2, 0.25) is 0 Å². The van der Waals surface area contributed by atoms with Gasteiger partial charge < -0.3 is 20.3 Å². The summed E-state index contributed by atoms with van der Waals surface area (Å²) in [4.78, 5) is 6.48. The molecule has 9 heteroatoms. The minimum Gasteiger partial charge on any atom is -0.487 e. The molecule has 0 radical (unpaired) electrons. The van der Waals surface area contributed by atoms with Gasteiger partial charge in [-0.05, 0) is 32.6 Å². The predicted molar refractivity (Wildman–Crippen MR) is 131 cm³/mol. The topological polar surface area (TPSA) is 66.7 Å². The lowest BCUT2D eigenvalue weighted by Gasteiger charge is -2.25. The maximum absolute atomic E-state index is 6.20. The maximum Gasteiger partial charge on any atom is 0.191 e. The van der Waals surface area contributed by atoms with E-state index >= 15 is 0 Å². The minimum atomic E-state index is -0.0126. The molecule has 0 aliphatic rings. The van der Waals surface area contributed by atoms with Crippen molar-refractivity contribution in [3.8, 4) is 5.75 Å². The summed E-state index contributed by atoms with van der Waals surface area (Å²) in [5.74, 6) is 1.43. The Bertz CT molecular complexity index is 767. The summed E-state index contributed by atoms with van der Waals surface area (Å²) in [5, 5.41) is 11.6.